The number of halogens is 1. The van der Waals surface area contributed by atoms with Gasteiger partial charge in [0.15, 0.2) is 0 Å². The van der Waals surface area contributed by atoms with Crippen LogP contribution in [0.1, 0.15) is 31.4 Å². The third-order valence-corrected chi connectivity index (χ3v) is 3.26. The molecule has 1 aliphatic rings. The molecule has 82 valence electrons. The molecule has 1 atom stereocenters. The van der Waals surface area contributed by atoms with E-state index in [-0.39, 0.29) is 0 Å². The van der Waals surface area contributed by atoms with Gasteiger partial charge < -0.3 is 9.84 Å². The van der Waals surface area contributed by atoms with Crippen molar-refractivity contribution in [1.82, 2.24) is 0 Å². The maximum Gasteiger partial charge on any atom is 0.133 e. The Morgan fingerprint density at radius 2 is 2.27 bits per heavy atom. The molecular formula is C12H15BrO2. The summed E-state index contributed by atoms with van der Waals surface area (Å²) in [6, 6.07) is 5.72. The molecule has 15 heavy (non-hydrogen) atoms. The van der Waals surface area contributed by atoms with Crippen molar-refractivity contribution in [1.29, 1.82) is 0 Å². The third kappa shape index (κ3) is 2.95. The zero-order valence-electron chi connectivity index (χ0n) is 8.74. The summed E-state index contributed by atoms with van der Waals surface area (Å²) < 4.78 is 6.64. The molecule has 0 saturated heterocycles. The van der Waals surface area contributed by atoms with E-state index in [0.717, 1.165) is 28.3 Å². The molecule has 0 aliphatic heterocycles. The minimum atomic E-state index is -0.443. The van der Waals surface area contributed by atoms with Crippen molar-refractivity contribution >= 4 is 15.9 Å². The predicted molar refractivity (Wildman–Crippen MR) is 63.0 cm³/mol. The van der Waals surface area contributed by atoms with E-state index in [1.54, 1.807) is 6.92 Å². The van der Waals surface area contributed by atoms with Gasteiger partial charge in [-0.1, -0.05) is 6.07 Å². The Bertz CT molecular complexity index is 345. The Labute approximate surface area is 98.4 Å². The van der Waals surface area contributed by atoms with E-state index in [1.807, 2.05) is 18.2 Å². The molecule has 0 aromatic heterocycles. The first-order valence-corrected chi connectivity index (χ1v) is 6.06. The van der Waals surface area contributed by atoms with Crippen molar-refractivity contribution in [2.45, 2.75) is 25.9 Å². The summed E-state index contributed by atoms with van der Waals surface area (Å²) in [6.07, 6.45) is 2.13. The molecule has 1 aromatic carbocycles. The van der Waals surface area contributed by atoms with Gasteiger partial charge in [0.2, 0.25) is 0 Å². The first kappa shape index (κ1) is 11.0. The molecule has 0 spiro atoms. The van der Waals surface area contributed by atoms with Gasteiger partial charge in [-0.3, -0.25) is 0 Å². The van der Waals surface area contributed by atoms with Crippen molar-refractivity contribution in [3.05, 3.63) is 28.2 Å². The number of hydrogen-bond donors (Lipinski definition) is 1. The van der Waals surface area contributed by atoms with E-state index in [1.165, 1.54) is 12.8 Å². The van der Waals surface area contributed by atoms with Gasteiger partial charge in [0.25, 0.3) is 0 Å². The van der Waals surface area contributed by atoms with Crippen molar-refractivity contribution < 1.29 is 9.84 Å². The summed E-state index contributed by atoms with van der Waals surface area (Å²) in [5.74, 6) is 1.58. The number of rotatable bonds is 4. The molecule has 1 aliphatic carbocycles. The molecule has 0 amide bonds. The summed E-state index contributed by atoms with van der Waals surface area (Å²) in [7, 11) is 0. The lowest BCUT2D eigenvalue weighted by molar-refractivity contribution is 0.198. The average molecular weight is 271 g/mol. The first-order chi connectivity index (χ1) is 7.16. The van der Waals surface area contributed by atoms with Crippen LogP contribution < -0.4 is 4.74 Å². The van der Waals surface area contributed by atoms with Crippen LogP contribution in [0.5, 0.6) is 5.75 Å². The van der Waals surface area contributed by atoms with E-state index in [2.05, 4.69) is 15.9 Å². The summed E-state index contributed by atoms with van der Waals surface area (Å²) in [4.78, 5) is 0. The highest BCUT2D eigenvalue weighted by atomic mass is 79.9. The Morgan fingerprint density at radius 3 is 2.87 bits per heavy atom. The molecular weight excluding hydrogens is 256 g/mol. The highest BCUT2D eigenvalue weighted by Gasteiger charge is 2.22. The molecule has 1 fully saturated rings. The van der Waals surface area contributed by atoms with Crippen LogP contribution in [0.3, 0.4) is 0 Å². The highest BCUT2D eigenvalue weighted by molar-refractivity contribution is 9.10. The molecule has 0 radical (unpaired) electrons. The maximum atomic E-state index is 9.46. The standard InChI is InChI=1S/C12H15BrO2/c1-8(14)10-4-5-11(13)12(6-10)15-7-9-2-3-9/h4-6,8-9,14H,2-3,7H2,1H3. The average Bonchev–Trinajstić information content (AvgIpc) is 3.00. The lowest BCUT2D eigenvalue weighted by atomic mass is 10.1. The zero-order valence-corrected chi connectivity index (χ0v) is 10.3. The number of benzene rings is 1. The van der Waals surface area contributed by atoms with Gasteiger partial charge in [-0.05, 0) is 59.3 Å². The SMILES string of the molecule is CC(O)c1ccc(Br)c(OCC2CC2)c1. The van der Waals surface area contributed by atoms with Crippen molar-refractivity contribution in [2.75, 3.05) is 6.61 Å². The minimum absolute atomic E-state index is 0.443. The summed E-state index contributed by atoms with van der Waals surface area (Å²) in [5, 5.41) is 9.46. The predicted octanol–water partition coefficient (Wildman–Crippen LogP) is 3.29. The minimum Gasteiger partial charge on any atom is -0.492 e. The second kappa shape index (κ2) is 4.54. The molecule has 1 unspecified atom stereocenters. The molecule has 1 N–H and O–H groups in total. The molecule has 2 nitrogen and oxygen atoms in total. The van der Waals surface area contributed by atoms with E-state index < -0.39 is 6.10 Å². The summed E-state index contributed by atoms with van der Waals surface area (Å²) in [5.41, 5.74) is 0.893. The van der Waals surface area contributed by atoms with Crippen molar-refractivity contribution in [2.24, 2.45) is 5.92 Å². The fourth-order valence-electron chi connectivity index (χ4n) is 1.38. The zero-order chi connectivity index (χ0) is 10.8. The van der Waals surface area contributed by atoms with Crippen LogP contribution in [0, 0.1) is 5.92 Å². The smallest absolute Gasteiger partial charge is 0.133 e. The van der Waals surface area contributed by atoms with Gasteiger partial charge in [-0.2, -0.15) is 0 Å². The largest absolute Gasteiger partial charge is 0.492 e. The third-order valence-electron chi connectivity index (χ3n) is 2.61. The van der Waals surface area contributed by atoms with Crippen molar-refractivity contribution in [3.8, 4) is 5.75 Å². The normalized spacial score (nSPS) is 17.5. The molecule has 0 bridgehead atoms. The van der Waals surface area contributed by atoms with Crippen LogP contribution in [-0.2, 0) is 0 Å². The van der Waals surface area contributed by atoms with Crippen molar-refractivity contribution in [3.63, 3.8) is 0 Å². The van der Waals surface area contributed by atoms with Crippen LogP contribution in [0.15, 0.2) is 22.7 Å². The Kier molecular flexibility index (Phi) is 3.32. The van der Waals surface area contributed by atoms with Crippen LogP contribution in [0.4, 0.5) is 0 Å². The maximum absolute atomic E-state index is 9.46. The van der Waals surface area contributed by atoms with Crippen LogP contribution in [0.25, 0.3) is 0 Å². The molecule has 0 heterocycles. The Balaban J connectivity index is 2.08. The van der Waals surface area contributed by atoms with E-state index >= 15 is 0 Å². The van der Waals surface area contributed by atoms with Gasteiger partial charge in [-0.25, -0.2) is 0 Å². The molecule has 2 rings (SSSR count). The number of hydrogen-bond acceptors (Lipinski definition) is 2. The first-order valence-electron chi connectivity index (χ1n) is 5.27. The monoisotopic (exact) mass is 270 g/mol. The van der Waals surface area contributed by atoms with Gasteiger partial charge in [0.05, 0.1) is 17.2 Å². The van der Waals surface area contributed by atoms with Gasteiger partial charge in [-0.15, -0.1) is 0 Å². The topological polar surface area (TPSA) is 29.5 Å². The molecule has 1 saturated carbocycles. The number of ether oxygens (including phenoxy) is 1. The number of aliphatic hydroxyl groups is 1. The van der Waals surface area contributed by atoms with Crippen LogP contribution in [0.2, 0.25) is 0 Å². The second-order valence-corrected chi connectivity index (χ2v) is 4.97. The molecule has 1 aromatic rings. The van der Waals surface area contributed by atoms with Gasteiger partial charge in [0.1, 0.15) is 5.75 Å². The Morgan fingerprint density at radius 1 is 1.53 bits per heavy atom. The fraction of sp³-hybridized carbons (Fsp3) is 0.500. The summed E-state index contributed by atoms with van der Waals surface area (Å²) >= 11 is 3.44. The number of aliphatic hydroxyl groups excluding tert-OH is 1. The highest BCUT2D eigenvalue weighted by Crippen LogP contribution is 2.33. The fourth-order valence-corrected chi connectivity index (χ4v) is 1.74. The Hall–Kier alpha value is -0.540. The van der Waals surface area contributed by atoms with Gasteiger partial charge in [0, 0.05) is 0 Å². The lowest BCUT2D eigenvalue weighted by Gasteiger charge is -2.11. The van der Waals surface area contributed by atoms with Crippen LogP contribution >= 0.6 is 15.9 Å². The van der Waals surface area contributed by atoms with E-state index in [4.69, 9.17) is 4.74 Å². The van der Waals surface area contributed by atoms with Crippen LogP contribution in [-0.4, -0.2) is 11.7 Å². The van der Waals surface area contributed by atoms with Gasteiger partial charge >= 0.3 is 0 Å². The lowest BCUT2D eigenvalue weighted by Crippen LogP contribution is -2.01. The summed E-state index contributed by atoms with van der Waals surface area (Å²) in [6.45, 7) is 2.55. The van der Waals surface area contributed by atoms with E-state index in [9.17, 15) is 5.11 Å². The van der Waals surface area contributed by atoms with E-state index in [0.29, 0.717) is 0 Å². The molecule has 3 heteroatoms. The quantitative estimate of drug-likeness (QED) is 0.910. The second-order valence-electron chi connectivity index (χ2n) is 4.12.